The van der Waals surface area contributed by atoms with Crippen molar-refractivity contribution in [1.82, 2.24) is 0 Å². The van der Waals surface area contributed by atoms with Crippen LogP contribution < -0.4 is 0 Å². The highest BCUT2D eigenvalue weighted by Crippen LogP contribution is 2.25. The van der Waals surface area contributed by atoms with Gasteiger partial charge in [0.2, 0.25) is 0 Å². The van der Waals surface area contributed by atoms with Crippen LogP contribution in [0.1, 0.15) is 5.56 Å². The molecular weight excluding hydrogens is 207 g/mol. The van der Waals surface area contributed by atoms with Gasteiger partial charge in [0.1, 0.15) is 5.82 Å². The highest BCUT2D eigenvalue weighted by molar-refractivity contribution is 8.76. The molecule has 72 valence electrons. The summed E-state index contributed by atoms with van der Waals surface area (Å²) in [6, 6.07) is 6.49. The van der Waals surface area contributed by atoms with Crippen LogP contribution in [0.3, 0.4) is 0 Å². The predicted molar refractivity (Wildman–Crippen MR) is 57.2 cm³/mol. The van der Waals surface area contributed by atoms with Gasteiger partial charge in [0.05, 0.1) is 6.61 Å². The Balaban J connectivity index is 2.25. The molecule has 0 fully saturated rings. The molecule has 0 bridgehead atoms. The van der Waals surface area contributed by atoms with Gasteiger partial charge >= 0.3 is 0 Å². The van der Waals surface area contributed by atoms with E-state index in [4.69, 9.17) is 5.11 Å². The Kier molecular flexibility index (Phi) is 5.27. The van der Waals surface area contributed by atoms with Crippen LogP contribution in [0, 0.1) is 5.82 Å². The van der Waals surface area contributed by atoms with Gasteiger partial charge in [0, 0.05) is 11.5 Å². The number of rotatable bonds is 5. The monoisotopic (exact) mass is 218 g/mol. The van der Waals surface area contributed by atoms with E-state index >= 15 is 0 Å². The molecule has 0 aliphatic heterocycles. The summed E-state index contributed by atoms with van der Waals surface area (Å²) < 4.78 is 12.5. The Morgan fingerprint density at radius 3 is 2.46 bits per heavy atom. The maximum absolute atomic E-state index is 12.5. The third kappa shape index (κ3) is 4.55. The number of halogens is 1. The normalized spacial score (nSPS) is 10.3. The van der Waals surface area contributed by atoms with Crippen LogP contribution in [0.2, 0.25) is 0 Å². The zero-order valence-corrected chi connectivity index (χ0v) is 8.71. The molecule has 0 heterocycles. The molecule has 1 rings (SSSR count). The van der Waals surface area contributed by atoms with Gasteiger partial charge in [-0.25, -0.2) is 4.39 Å². The first-order chi connectivity index (χ1) is 6.33. The first kappa shape index (κ1) is 10.9. The van der Waals surface area contributed by atoms with E-state index in [1.807, 2.05) is 0 Å². The van der Waals surface area contributed by atoms with E-state index < -0.39 is 0 Å². The van der Waals surface area contributed by atoms with E-state index in [-0.39, 0.29) is 12.4 Å². The van der Waals surface area contributed by atoms with Crippen LogP contribution in [0.4, 0.5) is 4.39 Å². The van der Waals surface area contributed by atoms with E-state index in [0.717, 1.165) is 17.1 Å². The zero-order valence-electron chi connectivity index (χ0n) is 7.07. The average Bonchev–Trinajstić information content (AvgIpc) is 2.15. The SMILES string of the molecule is OCCSSCc1ccc(F)cc1. The Morgan fingerprint density at radius 2 is 1.85 bits per heavy atom. The molecule has 0 unspecified atom stereocenters. The highest BCUT2D eigenvalue weighted by Gasteiger charge is 1.94. The van der Waals surface area contributed by atoms with Crippen molar-refractivity contribution in [3.63, 3.8) is 0 Å². The molecule has 0 aliphatic carbocycles. The summed E-state index contributed by atoms with van der Waals surface area (Å²) in [5.41, 5.74) is 1.11. The van der Waals surface area contributed by atoms with Crippen LogP contribution in [0.15, 0.2) is 24.3 Å². The van der Waals surface area contributed by atoms with Crippen LogP contribution in [0.25, 0.3) is 0 Å². The minimum atomic E-state index is -0.197. The van der Waals surface area contributed by atoms with Crippen molar-refractivity contribution < 1.29 is 9.50 Å². The fourth-order valence-corrected chi connectivity index (χ4v) is 2.63. The lowest BCUT2D eigenvalue weighted by atomic mass is 10.2. The maximum Gasteiger partial charge on any atom is 0.123 e. The van der Waals surface area contributed by atoms with Crippen molar-refractivity contribution in [1.29, 1.82) is 0 Å². The van der Waals surface area contributed by atoms with Crippen molar-refractivity contribution in [2.45, 2.75) is 5.75 Å². The standard InChI is InChI=1S/C9H11FOS2/c10-9-3-1-8(2-4-9)7-13-12-6-5-11/h1-4,11H,5-7H2. The zero-order chi connectivity index (χ0) is 9.52. The summed E-state index contributed by atoms with van der Waals surface area (Å²) in [7, 11) is 3.30. The van der Waals surface area contributed by atoms with E-state index in [1.54, 1.807) is 33.7 Å². The molecule has 0 amide bonds. The maximum atomic E-state index is 12.5. The molecule has 0 spiro atoms. The number of benzene rings is 1. The predicted octanol–water partition coefficient (Wildman–Crippen LogP) is 2.70. The largest absolute Gasteiger partial charge is 0.395 e. The van der Waals surface area contributed by atoms with E-state index in [0.29, 0.717) is 0 Å². The molecule has 0 radical (unpaired) electrons. The Morgan fingerprint density at radius 1 is 1.15 bits per heavy atom. The van der Waals surface area contributed by atoms with Crippen molar-refractivity contribution in [3.8, 4) is 0 Å². The second kappa shape index (κ2) is 6.29. The van der Waals surface area contributed by atoms with Crippen LogP contribution >= 0.6 is 21.6 Å². The molecule has 1 aromatic rings. The second-order valence-electron chi connectivity index (χ2n) is 2.43. The van der Waals surface area contributed by atoms with Crippen molar-refractivity contribution >= 4 is 21.6 Å². The van der Waals surface area contributed by atoms with Gasteiger partial charge in [-0.05, 0) is 17.7 Å². The molecular formula is C9H11FOS2. The first-order valence-electron chi connectivity index (χ1n) is 3.92. The minimum Gasteiger partial charge on any atom is -0.395 e. The number of hydrogen-bond acceptors (Lipinski definition) is 3. The summed E-state index contributed by atoms with van der Waals surface area (Å²) in [4.78, 5) is 0. The summed E-state index contributed by atoms with van der Waals surface area (Å²) in [6.07, 6.45) is 0. The minimum absolute atomic E-state index is 0.197. The second-order valence-corrected chi connectivity index (χ2v) is 5.02. The lowest BCUT2D eigenvalue weighted by Gasteiger charge is -1.99. The van der Waals surface area contributed by atoms with Crippen molar-refractivity contribution in [2.24, 2.45) is 0 Å². The molecule has 1 N–H and O–H groups in total. The third-order valence-corrected chi connectivity index (χ3v) is 3.72. The lowest BCUT2D eigenvalue weighted by Crippen LogP contribution is -1.83. The summed E-state index contributed by atoms with van der Waals surface area (Å²) in [5.74, 6) is 1.40. The fourth-order valence-electron chi connectivity index (χ4n) is 0.787. The Hall–Kier alpha value is -0.190. The summed E-state index contributed by atoms with van der Waals surface area (Å²) in [5, 5.41) is 8.52. The van der Waals surface area contributed by atoms with E-state index in [1.165, 1.54) is 12.1 Å². The summed E-state index contributed by atoms with van der Waals surface area (Å²) >= 11 is 0. The Bertz CT molecular complexity index is 238. The van der Waals surface area contributed by atoms with E-state index in [2.05, 4.69) is 0 Å². The fraction of sp³-hybridized carbons (Fsp3) is 0.333. The molecule has 0 aromatic heterocycles. The molecule has 13 heavy (non-hydrogen) atoms. The van der Waals surface area contributed by atoms with Crippen molar-refractivity contribution in [3.05, 3.63) is 35.6 Å². The van der Waals surface area contributed by atoms with Crippen LogP contribution in [-0.4, -0.2) is 17.5 Å². The molecule has 0 atom stereocenters. The molecule has 0 saturated heterocycles. The number of aliphatic hydroxyl groups is 1. The number of aliphatic hydroxyl groups excluding tert-OH is 1. The highest BCUT2D eigenvalue weighted by atomic mass is 33.1. The van der Waals surface area contributed by atoms with Crippen molar-refractivity contribution in [2.75, 3.05) is 12.4 Å². The molecule has 1 aromatic carbocycles. The van der Waals surface area contributed by atoms with Crippen LogP contribution in [0.5, 0.6) is 0 Å². The molecule has 4 heteroatoms. The van der Waals surface area contributed by atoms with Gasteiger partial charge in [0.25, 0.3) is 0 Å². The lowest BCUT2D eigenvalue weighted by molar-refractivity contribution is 0.323. The Labute approximate surface area is 85.1 Å². The van der Waals surface area contributed by atoms with Gasteiger partial charge in [-0.1, -0.05) is 33.7 Å². The quantitative estimate of drug-likeness (QED) is 0.606. The first-order valence-corrected chi connectivity index (χ1v) is 6.41. The molecule has 0 aliphatic rings. The smallest absolute Gasteiger partial charge is 0.123 e. The van der Waals surface area contributed by atoms with Gasteiger partial charge in [0.15, 0.2) is 0 Å². The van der Waals surface area contributed by atoms with Gasteiger partial charge in [-0.3, -0.25) is 0 Å². The van der Waals surface area contributed by atoms with E-state index in [9.17, 15) is 4.39 Å². The topological polar surface area (TPSA) is 20.2 Å². The van der Waals surface area contributed by atoms with Crippen LogP contribution in [-0.2, 0) is 5.75 Å². The third-order valence-electron chi connectivity index (χ3n) is 1.40. The van der Waals surface area contributed by atoms with Gasteiger partial charge in [-0.2, -0.15) is 0 Å². The number of hydrogen-bond donors (Lipinski definition) is 1. The molecule has 1 nitrogen and oxygen atoms in total. The van der Waals surface area contributed by atoms with Gasteiger partial charge in [-0.15, -0.1) is 0 Å². The average molecular weight is 218 g/mol. The van der Waals surface area contributed by atoms with Gasteiger partial charge < -0.3 is 5.11 Å². The summed E-state index contributed by atoms with van der Waals surface area (Å²) in [6.45, 7) is 0.209. The molecule has 0 saturated carbocycles.